The van der Waals surface area contributed by atoms with Crippen LogP contribution in [0.4, 0.5) is 10.5 Å². The van der Waals surface area contributed by atoms with Gasteiger partial charge in [0, 0.05) is 18.7 Å². The highest BCUT2D eigenvalue weighted by Crippen LogP contribution is 2.19. The van der Waals surface area contributed by atoms with Crippen molar-refractivity contribution in [3.05, 3.63) is 45.5 Å². The lowest BCUT2D eigenvalue weighted by Gasteiger charge is -2.19. The number of alkyl carbamates (subject to hydrolysis) is 1. The van der Waals surface area contributed by atoms with E-state index in [-0.39, 0.29) is 23.4 Å². The Labute approximate surface area is 132 Å². The largest absolute Gasteiger partial charge is 0.478 e. The number of nitrogens with zero attached hydrogens (tertiary/aromatic N) is 1. The lowest BCUT2D eigenvalue weighted by atomic mass is 10.1. The third kappa shape index (κ3) is 6.16. The molecule has 0 aliphatic carbocycles. The minimum Gasteiger partial charge on any atom is -0.478 e. The molecule has 0 radical (unpaired) electrons. The van der Waals surface area contributed by atoms with Gasteiger partial charge in [0.25, 0.3) is 5.69 Å². The van der Waals surface area contributed by atoms with Gasteiger partial charge >= 0.3 is 12.1 Å². The molecule has 1 aromatic rings. The number of carboxylic acids is 1. The molecule has 8 heteroatoms. The molecule has 0 heterocycles. The molecule has 2 N–H and O–H groups in total. The monoisotopic (exact) mass is 322 g/mol. The van der Waals surface area contributed by atoms with E-state index < -0.39 is 22.6 Å². The summed E-state index contributed by atoms with van der Waals surface area (Å²) >= 11 is 0. The van der Waals surface area contributed by atoms with Crippen LogP contribution in [0.3, 0.4) is 0 Å². The fraction of sp³-hybridized carbons (Fsp3) is 0.333. The lowest BCUT2D eigenvalue weighted by Crippen LogP contribution is -2.32. The second-order valence-electron chi connectivity index (χ2n) is 5.62. The SMILES string of the molecule is CC(C)(C)OC(=O)NCC=Cc1cc([N+](=O)[O-])ccc1C(=O)O. The zero-order valence-electron chi connectivity index (χ0n) is 13.0. The highest BCUT2D eigenvalue weighted by Gasteiger charge is 2.15. The minimum absolute atomic E-state index is 0.0656. The van der Waals surface area contributed by atoms with Gasteiger partial charge < -0.3 is 15.2 Å². The Balaban J connectivity index is 2.79. The van der Waals surface area contributed by atoms with E-state index in [0.717, 1.165) is 12.1 Å². The molecule has 0 bridgehead atoms. The van der Waals surface area contributed by atoms with Crippen LogP contribution in [-0.2, 0) is 4.74 Å². The normalized spacial score (nSPS) is 11.3. The van der Waals surface area contributed by atoms with E-state index in [1.807, 2.05) is 0 Å². The quantitative estimate of drug-likeness (QED) is 0.635. The van der Waals surface area contributed by atoms with Crippen molar-refractivity contribution in [3.63, 3.8) is 0 Å². The van der Waals surface area contributed by atoms with E-state index >= 15 is 0 Å². The average molecular weight is 322 g/mol. The number of nitro benzene ring substituents is 1. The number of carbonyl (C=O) groups excluding carboxylic acids is 1. The van der Waals surface area contributed by atoms with Crippen molar-refractivity contribution < 1.29 is 24.4 Å². The van der Waals surface area contributed by atoms with Gasteiger partial charge in [-0.05, 0) is 32.4 Å². The Bertz CT molecular complexity index is 646. The van der Waals surface area contributed by atoms with E-state index in [1.165, 1.54) is 18.2 Å². The Morgan fingerprint density at radius 2 is 2.04 bits per heavy atom. The second-order valence-corrected chi connectivity index (χ2v) is 5.62. The Morgan fingerprint density at radius 1 is 1.39 bits per heavy atom. The molecule has 0 aromatic heterocycles. The molecular weight excluding hydrogens is 304 g/mol. The van der Waals surface area contributed by atoms with Crippen molar-refractivity contribution in [1.82, 2.24) is 5.32 Å². The van der Waals surface area contributed by atoms with Gasteiger partial charge in [-0.3, -0.25) is 10.1 Å². The number of amides is 1. The molecule has 1 aromatic carbocycles. The summed E-state index contributed by atoms with van der Waals surface area (Å²) in [5, 5.41) is 22.3. The third-order valence-corrected chi connectivity index (χ3v) is 2.54. The number of non-ortho nitro benzene ring substituents is 1. The van der Waals surface area contributed by atoms with E-state index in [1.54, 1.807) is 20.8 Å². The number of hydrogen-bond donors (Lipinski definition) is 2. The molecule has 1 amide bonds. The number of ether oxygens (including phenoxy) is 1. The fourth-order valence-corrected chi connectivity index (χ4v) is 1.64. The maximum Gasteiger partial charge on any atom is 0.407 e. The first-order chi connectivity index (χ1) is 10.6. The van der Waals surface area contributed by atoms with Crippen molar-refractivity contribution in [2.75, 3.05) is 6.54 Å². The predicted molar refractivity (Wildman–Crippen MR) is 83.3 cm³/mol. The number of nitro groups is 1. The van der Waals surface area contributed by atoms with Crippen LogP contribution < -0.4 is 5.32 Å². The molecule has 124 valence electrons. The molecule has 0 saturated heterocycles. The summed E-state index contributed by atoms with van der Waals surface area (Å²) in [5.74, 6) is -1.19. The van der Waals surface area contributed by atoms with Crippen LogP contribution in [0.25, 0.3) is 6.08 Å². The van der Waals surface area contributed by atoms with Crippen LogP contribution in [0.5, 0.6) is 0 Å². The smallest absolute Gasteiger partial charge is 0.407 e. The van der Waals surface area contributed by atoms with Gasteiger partial charge in [0.2, 0.25) is 0 Å². The van der Waals surface area contributed by atoms with Crippen LogP contribution in [0.1, 0.15) is 36.7 Å². The number of rotatable bonds is 5. The van der Waals surface area contributed by atoms with Gasteiger partial charge in [0.15, 0.2) is 0 Å². The molecule has 0 aliphatic heterocycles. The van der Waals surface area contributed by atoms with Gasteiger partial charge in [-0.2, -0.15) is 0 Å². The molecular formula is C15H18N2O6. The lowest BCUT2D eigenvalue weighted by molar-refractivity contribution is -0.384. The molecule has 23 heavy (non-hydrogen) atoms. The van der Waals surface area contributed by atoms with Crippen LogP contribution >= 0.6 is 0 Å². The van der Waals surface area contributed by atoms with E-state index in [2.05, 4.69) is 5.32 Å². The topological polar surface area (TPSA) is 119 Å². The maximum absolute atomic E-state index is 11.4. The molecule has 0 fully saturated rings. The summed E-state index contributed by atoms with van der Waals surface area (Å²) in [6, 6.07) is 3.45. The fourth-order valence-electron chi connectivity index (χ4n) is 1.64. The van der Waals surface area contributed by atoms with Gasteiger partial charge in [-0.25, -0.2) is 9.59 Å². The number of benzene rings is 1. The first-order valence-corrected chi connectivity index (χ1v) is 6.75. The summed E-state index contributed by atoms with van der Waals surface area (Å²) in [7, 11) is 0. The van der Waals surface area contributed by atoms with Crippen molar-refractivity contribution in [3.8, 4) is 0 Å². The van der Waals surface area contributed by atoms with Crippen molar-refractivity contribution >= 4 is 23.8 Å². The van der Waals surface area contributed by atoms with Gasteiger partial charge in [0.1, 0.15) is 5.60 Å². The molecule has 0 aliphatic rings. The second kappa shape index (κ2) is 7.39. The van der Waals surface area contributed by atoms with Crippen LogP contribution in [0, 0.1) is 10.1 Å². The standard InChI is InChI=1S/C15H18N2O6/c1-15(2,3)23-14(20)16-8-4-5-10-9-11(17(21)22)6-7-12(10)13(18)19/h4-7,9H,8H2,1-3H3,(H,16,20)(H,18,19). The van der Waals surface area contributed by atoms with Crippen molar-refractivity contribution in [1.29, 1.82) is 0 Å². The molecule has 0 saturated carbocycles. The summed E-state index contributed by atoms with van der Waals surface area (Å²) in [4.78, 5) is 32.7. The summed E-state index contributed by atoms with van der Waals surface area (Å²) in [6.07, 6.45) is 2.27. The minimum atomic E-state index is -1.19. The maximum atomic E-state index is 11.4. The number of aromatic carboxylic acids is 1. The highest BCUT2D eigenvalue weighted by atomic mass is 16.6. The first kappa shape index (κ1) is 18.1. The van der Waals surface area contributed by atoms with Crippen LogP contribution in [0.15, 0.2) is 24.3 Å². The summed E-state index contributed by atoms with van der Waals surface area (Å²) in [6.45, 7) is 5.27. The van der Waals surface area contributed by atoms with Gasteiger partial charge in [-0.1, -0.05) is 12.2 Å². The van der Waals surface area contributed by atoms with Gasteiger partial charge in [-0.15, -0.1) is 0 Å². The average Bonchev–Trinajstić information content (AvgIpc) is 2.41. The highest BCUT2D eigenvalue weighted by molar-refractivity contribution is 5.92. The zero-order valence-corrected chi connectivity index (χ0v) is 13.0. The summed E-state index contributed by atoms with van der Waals surface area (Å²) < 4.78 is 5.04. The van der Waals surface area contributed by atoms with E-state index in [9.17, 15) is 19.7 Å². The van der Waals surface area contributed by atoms with Crippen molar-refractivity contribution in [2.45, 2.75) is 26.4 Å². The molecule has 0 unspecified atom stereocenters. The predicted octanol–water partition coefficient (Wildman–Crippen LogP) is 2.83. The molecule has 0 spiro atoms. The Morgan fingerprint density at radius 3 is 2.57 bits per heavy atom. The van der Waals surface area contributed by atoms with Crippen LogP contribution in [-0.4, -0.2) is 34.2 Å². The van der Waals surface area contributed by atoms with E-state index in [4.69, 9.17) is 9.84 Å². The van der Waals surface area contributed by atoms with E-state index in [0.29, 0.717) is 0 Å². The number of carboxylic acid groups (broad SMARTS) is 1. The number of carbonyl (C=O) groups is 2. The van der Waals surface area contributed by atoms with Gasteiger partial charge in [0.05, 0.1) is 10.5 Å². The summed E-state index contributed by atoms with van der Waals surface area (Å²) in [5.41, 5.74) is -0.721. The molecule has 1 rings (SSSR count). The molecule has 0 atom stereocenters. The number of hydrogen-bond acceptors (Lipinski definition) is 5. The van der Waals surface area contributed by atoms with Crippen LogP contribution in [0.2, 0.25) is 0 Å². The first-order valence-electron chi connectivity index (χ1n) is 6.75. The third-order valence-electron chi connectivity index (χ3n) is 2.54. The Hall–Kier alpha value is -2.90. The number of nitrogens with one attached hydrogen (secondary N) is 1. The van der Waals surface area contributed by atoms with Crippen molar-refractivity contribution in [2.24, 2.45) is 0 Å². The zero-order chi connectivity index (χ0) is 17.6. The Kier molecular flexibility index (Phi) is 5.83. The molecule has 8 nitrogen and oxygen atoms in total.